The standard InChI is InChI=1S/C12H18N4O2/c1-5-6-16(11(17)18-12(2,3)4)10-7-9(8-10)14-15-13/h1,9-10H,6-8H2,2-4H3. The molecule has 0 heterocycles. The molecule has 0 spiro atoms. The third-order valence-corrected chi connectivity index (χ3v) is 2.63. The molecule has 0 aromatic heterocycles. The molecule has 18 heavy (non-hydrogen) atoms. The van der Waals surface area contributed by atoms with Crippen LogP contribution in [0.5, 0.6) is 0 Å². The van der Waals surface area contributed by atoms with Gasteiger partial charge in [0.05, 0.1) is 6.54 Å². The van der Waals surface area contributed by atoms with Crippen LogP contribution in [0.15, 0.2) is 5.11 Å². The van der Waals surface area contributed by atoms with Gasteiger partial charge in [0.25, 0.3) is 0 Å². The van der Waals surface area contributed by atoms with Gasteiger partial charge in [0, 0.05) is 17.0 Å². The van der Waals surface area contributed by atoms with Crippen LogP contribution >= 0.6 is 0 Å². The van der Waals surface area contributed by atoms with Gasteiger partial charge in [0.1, 0.15) is 5.60 Å². The van der Waals surface area contributed by atoms with Crippen LogP contribution < -0.4 is 0 Å². The van der Waals surface area contributed by atoms with Crippen molar-refractivity contribution in [3.8, 4) is 12.3 Å². The van der Waals surface area contributed by atoms with Gasteiger partial charge in [-0.3, -0.25) is 4.90 Å². The van der Waals surface area contributed by atoms with Crippen LogP contribution in [0, 0.1) is 12.3 Å². The van der Waals surface area contributed by atoms with Gasteiger partial charge < -0.3 is 4.74 Å². The Morgan fingerprint density at radius 3 is 2.67 bits per heavy atom. The van der Waals surface area contributed by atoms with Gasteiger partial charge in [-0.1, -0.05) is 11.0 Å². The number of hydrogen-bond donors (Lipinski definition) is 0. The van der Waals surface area contributed by atoms with E-state index in [-0.39, 0.29) is 18.6 Å². The van der Waals surface area contributed by atoms with E-state index >= 15 is 0 Å². The zero-order valence-electron chi connectivity index (χ0n) is 11.0. The van der Waals surface area contributed by atoms with E-state index in [1.54, 1.807) is 0 Å². The second-order valence-corrected chi connectivity index (χ2v) is 5.30. The fraction of sp³-hybridized carbons (Fsp3) is 0.750. The van der Waals surface area contributed by atoms with E-state index in [2.05, 4.69) is 15.9 Å². The topological polar surface area (TPSA) is 78.3 Å². The largest absolute Gasteiger partial charge is 0.444 e. The SMILES string of the molecule is C#CCN(C(=O)OC(C)(C)C)C1CC(N=[N+]=[N-])C1. The summed E-state index contributed by atoms with van der Waals surface area (Å²) in [6.07, 6.45) is 6.13. The normalized spacial score (nSPS) is 22.1. The van der Waals surface area contributed by atoms with E-state index in [4.69, 9.17) is 16.7 Å². The van der Waals surface area contributed by atoms with E-state index in [0.717, 1.165) is 0 Å². The zero-order chi connectivity index (χ0) is 13.8. The highest BCUT2D eigenvalue weighted by atomic mass is 16.6. The lowest BCUT2D eigenvalue weighted by Gasteiger charge is -2.40. The molecule has 0 radical (unpaired) electrons. The van der Waals surface area contributed by atoms with Gasteiger partial charge in [0.2, 0.25) is 0 Å². The van der Waals surface area contributed by atoms with Crippen molar-refractivity contribution in [2.45, 2.75) is 51.3 Å². The highest BCUT2D eigenvalue weighted by Crippen LogP contribution is 2.29. The molecule has 0 atom stereocenters. The Labute approximate surface area is 107 Å². The maximum absolute atomic E-state index is 12.0. The van der Waals surface area contributed by atoms with Crippen LogP contribution in [0.25, 0.3) is 10.4 Å². The summed E-state index contributed by atoms with van der Waals surface area (Å²) in [6, 6.07) is -0.0332. The minimum Gasteiger partial charge on any atom is -0.444 e. The Balaban J connectivity index is 2.59. The zero-order valence-corrected chi connectivity index (χ0v) is 11.0. The van der Waals surface area contributed by atoms with Crippen molar-refractivity contribution >= 4 is 6.09 Å². The molecule has 6 heteroatoms. The van der Waals surface area contributed by atoms with Crippen LogP contribution in [-0.4, -0.2) is 35.2 Å². The molecule has 0 aromatic carbocycles. The molecule has 0 aromatic rings. The predicted octanol–water partition coefficient (Wildman–Crippen LogP) is 2.70. The van der Waals surface area contributed by atoms with Gasteiger partial charge in [-0.05, 0) is 39.1 Å². The minimum atomic E-state index is -0.544. The Morgan fingerprint density at radius 2 is 2.22 bits per heavy atom. The summed E-state index contributed by atoms with van der Waals surface area (Å²) < 4.78 is 5.29. The number of carbonyl (C=O) groups is 1. The molecule has 6 nitrogen and oxygen atoms in total. The Morgan fingerprint density at radius 1 is 1.61 bits per heavy atom. The third-order valence-electron chi connectivity index (χ3n) is 2.63. The Kier molecular flexibility index (Phi) is 4.46. The first-order valence-electron chi connectivity index (χ1n) is 5.84. The number of ether oxygens (including phenoxy) is 1. The van der Waals surface area contributed by atoms with E-state index < -0.39 is 11.7 Å². The quantitative estimate of drug-likeness (QED) is 0.334. The fourth-order valence-electron chi connectivity index (χ4n) is 1.74. The summed E-state index contributed by atoms with van der Waals surface area (Å²) in [5.41, 5.74) is 7.77. The summed E-state index contributed by atoms with van der Waals surface area (Å²) in [5, 5.41) is 3.61. The first-order chi connectivity index (χ1) is 8.37. The lowest BCUT2D eigenvalue weighted by Crippen LogP contribution is -2.50. The van der Waals surface area contributed by atoms with Crippen molar-refractivity contribution in [1.82, 2.24) is 4.90 Å². The molecule has 1 aliphatic rings. The van der Waals surface area contributed by atoms with Gasteiger partial charge in [-0.2, -0.15) is 0 Å². The van der Waals surface area contributed by atoms with E-state index in [9.17, 15) is 4.79 Å². The molecule has 1 fully saturated rings. The van der Waals surface area contributed by atoms with Crippen molar-refractivity contribution in [3.63, 3.8) is 0 Å². The molecule has 1 aliphatic carbocycles. The van der Waals surface area contributed by atoms with Gasteiger partial charge >= 0.3 is 6.09 Å². The van der Waals surface area contributed by atoms with Crippen molar-refractivity contribution in [2.75, 3.05) is 6.54 Å². The molecule has 98 valence electrons. The molecule has 0 bridgehead atoms. The lowest BCUT2D eigenvalue weighted by molar-refractivity contribution is 0.00867. The molecular weight excluding hydrogens is 232 g/mol. The summed E-state index contributed by atoms with van der Waals surface area (Å²) in [6.45, 7) is 5.64. The first kappa shape index (κ1) is 14.2. The van der Waals surface area contributed by atoms with Gasteiger partial charge in [-0.15, -0.1) is 6.42 Å². The summed E-state index contributed by atoms with van der Waals surface area (Å²) >= 11 is 0. The third kappa shape index (κ3) is 3.86. The molecule has 1 amide bonds. The van der Waals surface area contributed by atoms with Crippen LogP contribution in [0.3, 0.4) is 0 Å². The van der Waals surface area contributed by atoms with Crippen molar-refractivity contribution < 1.29 is 9.53 Å². The molecule has 0 saturated heterocycles. The highest BCUT2D eigenvalue weighted by Gasteiger charge is 2.36. The van der Waals surface area contributed by atoms with E-state index in [0.29, 0.717) is 12.8 Å². The number of amides is 1. The molecule has 0 aliphatic heterocycles. The van der Waals surface area contributed by atoms with Crippen LogP contribution in [0.4, 0.5) is 4.79 Å². The summed E-state index contributed by atoms with van der Waals surface area (Å²) in [4.78, 5) is 16.2. The smallest absolute Gasteiger partial charge is 0.411 e. The first-order valence-corrected chi connectivity index (χ1v) is 5.84. The molecule has 0 N–H and O–H groups in total. The average molecular weight is 250 g/mol. The maximum atomic E-state index is 12.0. The minimum absolute atomic E-state index is 0.00593. The fourth-order valence-corrected chi connectivity index (χ4v) is 1.74. The van der Waals surface area contributed by atoms with Crippen molar-refractivity contribution in [2.24, 2.45) is 5.11 Å². The molecule has 0 unspecified atom stereocenters. The highest BCUT2D eigenvalue weighted by molar-refractivity contribution is 5.69. The number of azide groups is 1. The Bertz CT molecular complexity index is 395. The van der Waals surface area contributed by atoms with Gasteiger partial charge in [0.15, 0.2) is 0 Å². The number of carbonyl (C=O) groups excluding carboxylic acids is 1. The molecular formula is C12H18N4O2. The van der Waals surface area contributed by atoms with Crippen LogP contribution in [-0.2, 0) is 4.74 Å². The van der Waals surface area contributed by atoms with E-state index in [1.165, 1.54) is 4.90 Å². The van der Waals surface area contributed by atoms with Crippen LogP contribution in [0.2, 0.25) is 0 Å². The van der Waals surface area contributed by atoms with Crippen molar-refractivity contribution in [1.29, 1.82) is 0 Å². The van der Waals surface area contributed by atoms with Crippen LogP contribution in [0.1, 0.15) is 33.6 Å². The molecule has 1 rings (SSSR count). The monoisotopic (exact) mass is 250 g/mol. The average Bonchev–Trinajstić information content (AvgIpc) is 2.17. The number of terminal acetylenes is 1. The predicted molar refractivity (Wildman–Crippen MR) is 67.7 cm³/mol. The Hall–Kier alpha value is -1.86. The van der Waals surface area contributed by atoms with Gasteiger partial charge in [-0.25, -0.2) is 4.79 Å². The number of nitrogens with zero attached hydrogens (tertiary/aromatic N) is 4. The maximum Gasteiger partial charge on any atom is 0.411 e. The van der Waals surface area contributed by atoms with Crippen molar-refractivity contribution in [3.05, 3.63) is 10.4 Å². The second-order valence-electron chi connectivity index (χ2n) is 5.30. The molecule has 1 saturated carbocycles. The number of hydrogen-bond acceptors (Lipinski definition) is 3. The second kappa shape index (κ2) is 5.65. The summed E-state index contributed by atoms with van der Waals surface area (Å²) in [5.74, 6) is 2.45. The summed E-state index contributed by atoms with van der Waals surface area (Å²) in [7, 11) is 0. The van der Waals surface area contributed by atoms with E-state index in [1.807, 2.05) is 20.8 Å². The number of rotatable bonds is 3. The lowest BCUT2D eigenvalue weighted by atomic mass is 9.86.